The Balaban J connectivity index is 1.38. The smallest absolute Gasteiger partial charge is 0.328 e. The number of hydrogen-bond acceptors (Lipinski definition) is 7. The van der Waals surface area contributed by atoms with E-state index < -0.39 is 5.97 Å². The van der Waals surface area contributed by atoms with Gasteiger partial charge in [-0.05, 0) is 54.9 Å². The molecule has 1 aliphatic rings. The highest BCUT2D eigenvalue weighted by Gasteiger charge is 2.12. The summed E-state index contributed by atoms with van der Waals surface area (Å²) in [5.74, 6) is -0.0689. The van der Waals surface area contributed by atoms with Crippen molar-refractivity contribution in [2.45, 2.75) is 12.8 Å². The molecule has 9 nitrogen and oxygen atoms in total. The number of pyridine rings is 1. The standard InChI is InChI=1S/C27H27N7O2/c35-25(36)7-4-19-16-32-27(34-26(19)30-14-10-20-3-1-2-11-29-20)33-21-5-6-24-22(15-21)23(17-31-24)18-8-12-28-13-9-18/h1-8,11,15-17,28,31H,9-10,12-14H2,(H,35,36)(H2,30,32,33,34). The average Bonchev–Trinajstić information content (AvgIpc) is 3.33. The normalized spacial score (nSPS) is 13.6. The van der Waals surface area contributed by atoms with E-state index in [-0.39, 0.29) is 0 Å². The first kappa shape index (κ1) is 23.3. The minimum atomic E-state index is -1.03. The molecule has 0 fully saturated rings. The Bertz CT molecular complexity index is 1430. The summed E-state index contributed by atoms with van der Waals surface area (Å²) in [4.78, 5) is 27.8. The molecule has 0 saturated carbocycles. The molecule has 0 bridgehead atoms. The van der Waals surface area contributed by atoms with E-state index in [2.05, 4.69) is 54.2 Å². The zero-order valence-electron chi connectivity index (χ0n) is 19.7. The summed E-state index contributed by atoms with van der Waals surface area (Å²) in [5.41, 5.74) is 6.03. The van der Waals surface area contributed by atoms with Crippen LogP contribution in [0.2, 0.25) is 0 Å². The van der Waals surface area contributed by atoms with Crippen LogP contribution in [0, 0.1) is 0 Å². The van der Waals surface area contributed by atoms with Crippen molar-refractivity contribution in [2.75, 3.05) is 30.3 Å². The molecule has 4 heterocycles. The van der Waals surface area contributed by atoms with E-state index in [4.69, 9.17) is 5.11 Å². The van der Waals surface area contributed by atoms with Gasteiger partial charge in [0, 0.05) is 77.6 Å². The summed E-state index contributed by atoms with van der Waals surface area (Å²) < 4.78 is 0. The van der Waals surface area contributed by atoms with Crippen LogP contribution in [0.1, 0.15) is 23.2 Å². The summed E-state index contributed by atoms with van der Waals surface area (Å²) in [7, 11) is 0. The molecule has 5 rings (SSSR count). The lowest BCUT2D eigenvalue weighted by Gasteiger charge is -2.14. The molecule has 0 unspecified atom stereocenters. The third-order valence-electron chi connectivity index (χ3n) is 5.97. The van der Waals surface area contributed by atoms with Crippen LogP contribution in [0.15, 0.2) is 67.1 Å². The van der Waals surface area contributed by atoms with E-state index in [1.165, 1.54) is 17.2 Å². The van der Waals surface area contributed by atoms with Gasteiger partial charge in [-0.3, -0.25) is 4.98 Å². The van der Waals surface area contributed by atoms with Crippen LogP contribution >= 0.6 is 0 Å². The minimum Gasteiger partial charge on any atom is -0.478 e. The van der Waals surface area contributed by atoms with Crippen molar-refractivity contribution >= 4 is 46.0 Å². The molecule has 0 amide bonds. The van der Waals surface area contributed by atoms with E-state index in [9.17, 15) is 4.79 Å². The van der Waals surface area contributed by atoms with Crippen molar-refractivity contribution in [3.05, 3.63) is 84.0 Å². The SMILES string of the molecule is O=C(O)C=Cc1cnc(Nc2ccc3[nH]cc(C4=CCNCC4)c3c2)nc1NCCc1ccccn1. The highest BCUT2D eigenvalue weighted by Crippen LogP contribution is 2.30. The van der Waals surface area contributed by atoms with Crippen molar-refractivity contribution in [3.8, 4) is 0 Å². The number of aromatic amines is 1. The van der Waals surface area contributed by atoms with Gasteiger partial charge in [-0.15, -0.1) is 0 Å². The molecule has 5 N–H and O–H groups in total. The largest absolute Gasteiger partial charge is 0.478 e. The molecule has 0 aliphatic carbocycles. The fourth-order valence-electron chi connectivity index (χ4n) is 4.19. The molecule has 1 aliphatic heterocycles. The number of hydrogen-bond donors (Lipinski definition) is 5. The number of rotatable bonds is 9. The van der Waals surface area contributed by atoms with Gasteiger partial charge >= 0.3 is 5.97 Å². The number of carboxylic acids is 1. The summed E-state index contributed by atoms with van der Waals surface area (Å²) in [6.45, 7) is 2.44. The number of aliphatic carboxylic acids is 1. The van der Waals surface area contributed by atoms with E-state index in [1.807, 2.05) is 30.3 Å². The molecule has 0 atom stereocenters. The molecule has 1 aromatic carbocycles. The molecule has 4 aromatic rings. The Morgan fingerprint density at radius 1 is 1.19 bits per heavy atom. The molecule has 9 heteroatoms. The molecule has 182 valence electrons. The number of fused-ring (bicyclic) bond motifs is 1. The number of benzene rings is 1. The summed E-state index contributed by atoms with van der Waals surface area (Å²) in [6, 6.07) is 11.9. The number of anilines is 3. The predicted octanol–water partition coefficient (Wildman–Crippen LogP) is 4.23. The van der Waals surface area contributed by atoms with Crippen molar-refractivity contribution in [1.29, 1.82) is 0 Å². The van der Waals surface area contributed by atoms with E-state index in [0.29, 0.717) is 30.3 Å². The quantitative estimate of drug-likeness (QED) is 0.225. The van der Waals surface area contributed by atoms with Crippen LogP contribution in [0.3, 0.4) is 0 Å². The Hall–Kier alpha value is -4.50. The van der Waals surface area contributed by atoms with Gasteiger partial charge in [0.1, 0.15) is 5.82 Å². The van der Waals surface area contributed by atoms with E-state index >= 15 is 0 Å². The van der Waals surface area contributed by atoms with Gasteiger partial charge in [0.2, 0.25) is 5.95 Å². The van der Waals surface area contributed by atoms with Crippen LogP contribution < -0.4 is 16.0 Å². The fraction of sp³-hybridized carbons (Fsp3) is 0.185. The highest BCUT2D eigenvalue weighted by atomic mass is 16.4. The van der Waals surface area contributed by atoms with Gasteiger partial charge in [-0.25, -0.2) is 9.78 Å². The van der Waals surface area contributed by atoms with Gasteiger partial charge in [0.25, 0.3) is 0 Å². The lowest BCUT2D eigenvalue weighted by Crippen LogP contribution is -2.19. The van der Waals surface area contributed by atoms with Gasteiger partial charge < -0.3 is 26.0 Å². The number of H-pyrrole nitrogens is 1. The van der Waals surface area contributed by atoms with Gasteiger partial charge in [-0.1, -0.05) is 12.1 Å². The van der Waals surface area contributed by atoms with Crippen molar-refractivity contribution in [2.24, 2.45) is 0 Å². The second-order valence-electron chi connectivity index (χ2n) is 8.44. The predicted molar refractivity (Wildman–Crippen MR) is 142 cm³/mol. The van der Waals surface area contributed by atoms with Crippen LogP contribution in [0.4, 0.5) is 17.5 Å². The second kappa shape index (κ2) is 10.8. The Kier molecular flexibility index (Phi) is 7.00. The van der Waals surface area contributed by atoms with Gasteiger partial charge in [0.15, 0.2) is 0 Å². The van der Waals surface area contributed by atoms with Gasteiger partial charge in [-0.2, -0.15) is 4.98 Å². The first-order chi connectivity index (χ1) is 17.7. The number of carbonyl (C=O) groups is 1. The molecule has 0 saturated heterocycles. The monoisotopic (exact) mass is 481 g/mol. The second-order valence-corrected chi connectivity index (χ2v) is 8.44. The average molecular weight is 482 g/mol. The molecular weight excluding hydrogens is 454 g/mol. The van der Waals surface area contributed by atoms with Crippen LogP contribution in [0.25, 0.3) is 22.6 Å². The lowest BCUT2D eigenvalue weighted by atomic mass is 9.99. The summed E-state index contributed by atoms with van der Waals surface area (Å²) >= 11 is 0. The third kappa shape index (κ3) is 5.59. The number of carboxylic acid groups (broad SMARTS) is 1. The Morgan fingerprint density at radius 3 is 2.94 bits per heavy atom. The van der Waals surface area contributed by atoms with Crippen molar-refractivity contribution in [3.63, 3.8) is 0 Å². The number of nitrogens with zero attached hydrogens (tertiary/aromatic N) is 3. The lowest BCUT2D eigenvalue weighted by molar-refractivity contribution is -0.131. The first-order valence-corrected chi connectivity index (χ1v) is 11.9. The Labute approximate surface area is 208 Å². The molecule has 0 radical (unpaired) electrons. The molecule has 3 aromatic heterocycles. The van der Waals surface area contributed by atoms with Crippen molar-refractivity contribution in [1.82, 2.24) is 25.3 Å². The number of nitrogens with one attached hydrogen (secondary N) is 4. The molecule has 0 spiro atoms. The maximum atomic E-state index is 11.0. The van der Waals surface area contributed by atoms with Crippen LogP contribution in [-0.4, -0.2) is 50.6 Å². The van der Waals surface area contributed by atoms with Crippen molar-refractivity contribution < 1.29 is 9.90 Å². The summed E-state index contributed by atoms with van der Waals surface area (Å²) in [5, 5.41) is 20.1. The zero-order chi connectivity index (χ0) is 24.7. The van der Waals surface area contributed by atoms with E-state index in [1.54, 1.807) is 12.4 Å². The van der Waals surface area contributed by atoms with E-state index in [0.717, 1.165) is 47.9 Å². The summed E-state index contributed by atoms with van der Waals surface area (Å²) in [6.07, 6.45) is 11.9. The minimum absolute atomic E-state index is 0.417. The first-order valence-electron chi connectivity index (χ1n) is 11.9. The molecule has 36 heavy (non-hydrogen) atoms. The zero-order valence-corrected chi connectivity index (χ0v) is 19.7. The van der Waals surface area contributed by atoms with Gasteiger partial charge in [0.05, 0.1) is 0 Å². The fourth-order valence-corrected chi connectivity index (χ4v) is 4.19. The molecular formula is C27H27N7O2. The maximum absolute atomic E-state index is 11.0. The number of aromatic nitrogens is 4. The van der Waals surface area contributed by atoms with Crippen LogP contribution in [-0.2, 0) is 11.2 Å². The maximum Gasteiger partial charge on any atom is 0.328 e. The van der Waals surface area contributed by atoms with Crippen LogP contribution in [0.5, 0.6) is 0 Å². The highest BCUT2D eigenvalue weighted by molar-refractivity contribution is 5.95. The Morgan fingerprint density at radius 2 is 2.14 bits per heavy atom. The topological polar surface area (TPSA) is 128 Å². The third-order valence-corrected chi connectivity index (χ3v) is 5.97.